The lowest BCUT2D eigenvalue weighted by atomic mass is 10.1. The smallest absolute Gasteiger partial charge is 0.424 e. The van der Waals surface area contributed by atoms with Crippen LogP contribution in [0.5, 0.6) is 0 Å². The van der Waals surface area contributed by atoms with Gasteiger partial charge in [-0.1, -0.05) is 37.6 Å². The van der Waals surface area contributed by atoms with Gasteiger partial charge in [-0.2, -0.15) is 0 Å². The van der Waals surface area contributed by atoms with E-state index >= 15 is 0 Å². The van der Waals surface area contributed by atoms with E-state index < -0.39 is 34.4 Å². The topological polar surface area (TPSA) is 72.9 Å². The van der Waals surface area contributed by atoms with Crippen LogP contribution in [-0.4, -0.2) is 37.1 Å². The number of ether oxygens (including phenoxy) is 2. The predicted molar refractivity (Wildman–Crippen MR) is 83.2 cm³/mol. The SMILES string of the molecule is C=C1[C@@H]2OC(=O)O[C@@H]2[C@@H](CCC)N1S(=O)(=O)c1ccc(C)cc1. The number of nitrogens with zero attached hydrogens (tertiary/aromatic N) is 1. The van der Waals surface area contributed by atoms with E-state index in [4.69, 9.17) is 9.47 Å². The number of hydrogen-bond donors (Lipinski definition) is 0. The van der Waals surface area contributed by atoms with E-state index in [2.05, 4.69) is 6.58 Å². The van der Waals surface area contributed by atoms with Gasteiger partial charge in [0.05, 0.1) is 16.6 Å². The Labute approximate surface area is 135 Å². The van der Waals surface area contributed by atoms with Crippen LogP contribution in [0.25, 0.3) is 0 Å². The summed E-state index contributed by atoms with van der Waals surface area (Å²) < 4.78 is 37.6. The highest BCUT2D eigenvalue weighted by atomic mass is 32.2. The number of carbonyl (C=O) groups is 1. The van der Waals surface area contributed by atoms with Crippen molar-refractivity contribution in [2.75, 3.05) is 0 Å². The summed E-state index contributed by atoms with van der Waals surface area (Å²) in [6.07, 6.45) is -0.829. The van der Waals surface area contributed by atoms with Crippen molar-refractivity contribution in [3.05, 3.63) is 42.1 Å². The Morgan fingerprint density at radius 1 is 1.22 bits per heavy atom. The number of carbonyl (C=O) groups excluding carboxylic acids is 1. The Hall–Kier alpha value is -2.02. The van der Waals surface area contributed by atoms with E-state index in [0.717, 1.165) is 12.0 Å². The standard InChI is InChI=1S/C16H19NO5S/c1-4-5-13-15-14(21-16(18)22-15)11(3)17(13)23(19,20)12-8-6-10(2)7-9-12/h6-9,13-15H,3-5H2,1-2H3/t13-,14+,15-/m1/s1. The average molecular weight is 337 g/mol. The molecule has 0 bridgehead atoms. The minimum Gasteiger partial charge on any atom is -0.424 e. The Morgan fingerprint density at radius 2 is 1.87 bits per heavy atom. The van der Waals surface area contributed by atoms with Crippen molar-refractivity contribution < 1.29 is 22.7 Å². The van der Waals surface area contributed by atoms with Crippen molar-refractivity contribution in [3.63, 3.8) is 0 Å². The zero-order chi connectivity index (χ0) is 16.8. The number of benzene rings is 1. The molecule has 0 spiro atoms. The van der Waals surface area contributed by atoms with Crippen molar-refractivity contribution in [3.8, 4) is 0 Å². The van der Waals surface area contributed by atoms with Crippen molar-refractivity contribution in [2.45, 2.75) is 49.8 Å². The van der Waals surface area contributed by atoms with E-state index in [1.54, 1.807) is 24.3 Å². The summed E-state index contributed by atoms with van der Waals surface area (Å²) in [7, 11) is -3.77. The molecule has 0 aromatic heterocycles. The molecule has 0 radical (unpaired) electrons. The molecule has 2 heterocycles. The van der Waals surface area contributed by atoms with Crippen LogP contribution in [0.3, 0.4) is 0 Å². The van der Waals surface area contributed by atoms with Crippen LogP contribution in [-0.2, 0) is 19.5 Å². The molecule has 124 valence electrons. The molecule has 1 aromatic carbocycles. The van der Waals surface area contributed by atoms with Gasteiger partial charge in [0.15, 0.2) is 12.2 Å². The molecule has 23 heavy (non-hydrogen) atoms. The lowest BCUT2D eigenvalue weighted by molar-refractivity contribution is 0.0962. The summed E-state index contributed by atoms with van der Waals surface area (Å²) in [6.45, 7) is 7.68. The highest BCUT2D eigenvalue weighted by Crippen LogP contribution is 2.41. The molecular weight excluding hydrogens is 318 g/mol. The molecule has 1 aromatic rings. The predicted octanol–water partition coefficient (Wildman–Crippen LogP) is 2.59. The number of rotatable bonds is 4. The second kappa shape index (κ2) is 5.56. The maximum atomic E-state index is 13.0. The van der Waals surface area contributed by atoms with Gasteiger partial charge in [0, 0.05) is 0 Å². The molecule has 2 fully saturated rings. The third-order valence-electron chi connectivity index (χ3n) is 4.21. The molecule has 0 unspecified atom stereocenters. The number of fused-ring (bicyclic) bond motifs is 1. The minimum atomic E-state index is -3.77. The number of aryl methyl sites for hydroxylation is 1. The molecule has 3 rings (SSSR count). The van der Waals surface area contributed by atoms with Gasteiger partial charge in [0.1, 0.15) is 0 Å². The van der Waals surface area contributed by atoms with Gasteiger partial charge in [-0.15, -0.1) is 0 Å². The first-order valence-electron chi connectivity index (χ1n) is 7.53. The largest absolute Gasteiger partial charge is 0.509 e. The molecule has 2 saturated heterocycles. The van der Waals surface area contributed by atoms with Gasteiger partial charge < -0.3 is 9.47 Å². The van der Waals surface area contributed by atoms with E-state index in [0.29, 0.717) is 6.42 Å². The van der Waals surface area contributed by atoms with Gasteiger partial charge in [-0.3, -0.25) is 4.31 Å². The summed E-state index contributed by atoms with van der Waals surface area (Å²) >= 11 is 0. The molecule has 0 aliphatic carbocycles. The zero-order valence-corrected chi connectivity index (χ0v) is 13.9. The van der Waals surface area contributed by atoms with Crippen LogP contribution in [0.1, 0.15) is 25.3 Å². The molecule has 0 N–H and O–H groups in total. The fourth-order valence-electron chi connectivity index (χ4n) is 3.11. The molecule has 0 amide bonds. The maximum absolute atomic E-state index is 13.0. The second-order valence-electron chi connectivity index (χ2n) is 5.83. The second-order valence-corrected chi connectivity index (χ2v) is 7.65. The molecule has 7 heteroatoms. The third-order valence-corrected chi connectivity index (χ3v) is 6.10. The number of sulfonamides is 1. The lowest BCUT2D eigenvalue weighted by Crippen LogP contribution is -2.39. The quantitative estimate of drug-likeness (QED) is 0.790. The molecule has 6 nitrogen and oxygen atoms in total. The van der Waals surface area contributed by atoms with Gasteiger partial charge >= 0.3 is 6.16 Å². The van der Waals surface area contributed by atoms with Crippen LogP contribution in [0.15, 0.2) is 41.4 Å². The fourth-order valence-corrected chi connectivity index (χ4v) is 4.82. The normalized spacial score (nSPS) is 26.9. The highest BCUT2D eigenvalue weighted by Gasteiger charge is 2.56. The zero-order valence-electron chi connectivity index (χ0n) is 13.1. The van der Waals surface area contributed by atoms with Crippen LogP contribution >= 0.6 is 0 Å². The first-order chi connectivity index (χ1) is 10.9. The third kappa shape index (κ3) is 2.49. The molecule has 3 atom stereocenters. The summed E-state index contributed by atoms with van der Waals surface area (Å²) in [4.78, 5) is 11.6. The van der Waals surface area contributed by atoms with Gasteiger partial charge in [-0.25, -0.2) is 13.2 Å². The minimum absolute atomic E-state index is 0.191. The summed E-state index contributed by atoms with van der Waals surface area (Å²) in [5.74, 6) is 0. The van der Waals surface area contributed by atoms with Gasteiger partial charge in [-0.05, 0) is 25.5 Å². The van der Waals surface area contributed by atoms with Crippen LogP contribution in [0.2, 0.25) is 0 Å². The van der Waals surface area contributed by atoms with Crippen molar-refractivity contribution in [1.82, 2.24) is 4.31 Å². The Kier molecular flexibility index (Phi) is 3.83. The summed E-state index contributed by atoms with van der Waals surface area (Å²) in [6, 6.07) is 6.15. The van der Waals surface area contributed by atoms with E-state index in [1.165, 1.54) is 4.31 Å². The fraction of sp³-hybridized carbons (Fsp3) is 0.438. The first kappa shape index (κ1) is 15.9. The Balaban J connectivity index is 2.01. The van der Waals surface area contributed by atoms with E-state index in [1.807, 2.05) is 13.8 Å². The van der Waals surface area contributed by atoms with E-state index in [9.17, 15) is 13.2 Å². The van der Waals surface area contributed by atoms with Crippen LogP contribution < -0.4 is 0 Å². The Morgan fingerprint density at radius 3 is 2.48 bits per heavy atom. The molecule has 2 aliphatic rings. The number of hydrogen-bond acceptors (Lipinski definition) is 5. The monoisotopic (exact) mass is 337 g/mol. The van der Waals surface area contributed by atoms with Crippen molar-refractivity contribution in [1.29, 1.82) is 0 Å². The molecule has 2 aliphatic heterocycles. The summed E-state index contributed by atoms with van der Waals surface area (Å²) in [5.41, 5.74) is 1.23. The van der Waals surface area contributed by atoms with Gasteiger partial charge in [0.2, 0.25) is 0 Å². The van der Waals surface area contributed by atoms with Crippen LogP contribution in [0.4, 0.5) is 4.79 Å². The first-order valence-corrected chi connectivity index (χ1v) is 8.97. The van der Waals surface area contributed by atoms with Crippen LogP contribution in [0, 0.1) is 6.92 Å². The van der Waals surface area contributed by atoms with Crippen molar-refractivity contribution in [2.24, 2.45) is 0 Å². The summed E-state index contributed by atoms with van der Waals surface area (Å²) in [5, 5.41) is 0. The maximum Gasteiger partial charge on any atom is 0.509 e. The molecular formula is C16H19NO5S. The lowest BCUT2D eigenvalue weighted by Gasteiger charge is -2.28. The van der Waals surface area contributed by atoms with Gasteiger partial charge in [0.25, 0.3) is 10.0 Å². The average Bonchev–Trinajstić information content (AvgIpc) is 2.98. The van der Waals surface area contributed by atoms with Crippen molar-refractivity contribution >= 4 is 16.2 Å². The Bertz CT molecular complexity index is 740. The molecule has 0 saturated carbocycles. The highest BCUT2D eigenvalue weighted by molar-refractivity contribution is 7.89. The van der Waals surface area contributed by atoms with E-state index in [-0.39, 0.29) is 10.6 Å².